The van der Waals surface area contributed by atoms with E-state index in [1.807, 2.05) is 13.8 Å². The molecule has 0 spiro atoms. The number of hydrogen-bond acceptors (Lipinski definition) is 3. The van der Waals surface area contributed by atoms with Crippen LogP contribution < -0.4 is 5.32 Å². The minimum Gasteiger partial charge on any atom is -0.351 e. The maximum Gasteiger partial charge on any atom is 0.230 e. The molecule has 1 aliphatic heterocycles. The molecule has 0 aliphatic carbocycles. The summed E-state index contributed by atoms with van der Waals surface area (Å²) in [4.78, 5) is 12.8. The Morgan fingerprint density at radius 1 is 1.36 bits per heavy atom. The van der Waals surface area contributed by atoms with Crippen LogP contribution in [-0.4, -0.2) is 26.7 Å². The van der Waals surface area contributed by atoms with Crippen molar-refractivity contribution in [3.63, 3.8) is 0 Å². The number of benzene rings is 1. The van der Waals surface area contributed by atoms with Crippen LogP contribution in [0.15, 0.2) is 24.3 Å². The monoisotopic (exact) mass is 344 g/mol. The van der Waals surface area contributed by atoms with Crippen LogP contribution in [0.4, 0.5) is 4.39 Å². The third-order valence-electron chi connectivity index (χ3n) is 4.94. The van der Waals surface area contributed by atoms with E-state index in [-0.39, 0.29) is 17.8 Å². The van der Waals surface area contributed by atoms with E-state index in [2.05, 4.69) is 33.9 Å². The molecule has 0 unspecified atom stereocenters. The Labute approximate surface area is 147 Å². The third-order valence-corrected chi connectivity index (χ3v) is 4.94. The Bertz CT molecular complexity index is 781. The van der Waals surface area contributed by atoms with E-state index in [1.165, 1.54) is 12.1 Å². The zero-order valence-corrected chi connectivity index (χ0v) is 15.2. The first-order valence-corrected chi connectivity index (χ1v) is 8.78. The molecule has 0 bridgehead atoms. The van der Waals surface area contributed by atoms with Crippen molar-refractivity contribution in [1.82, 2.24) is 20.1 Å². The van der Waals surface area contributed by atoms with Crippen molar-refractivity contribution in [1.29, 1.82) is 0 Å². The number of aryl methyl sites for hydroxylation is 1. The van der Waals surface area contributed by atoms with E-state index in [0.717, 1.165) is 24.5 Å². The standard InChI is InChI=1S/C19H25FN4O/c1-12(2)17-23-22-16-9-8-15(11-24(16)17)21-18(25)19(3,4)13-6-5-7-14(20)10-13/h5-7,10,12,15H,8-9,11H2,1-4H3,(H,21,25)/t15-/m0/s1. The predicted octanol–water partition coefficient (Wildman–Crippen LogP) is 2.95. The Hall–Kier alpha value is -2.24. The van der Waals surface area contributed by atoms with Gasteiger partial charge in [-0.05, 0) is 38.0 Å². The number of fused-ring (bicyclic) bond motifs is 1. The molecule has 1 atom stereocenters. The maximum atomic E-state index is 13.5. The lowest BCUT2D eigenvalue weighted by Crippen LogP contribution is -2.48. The van der Waals surface area contributed by atoms with Crippen LogP contribution in [0.5, 0.6) is 0 Å². The first-order valence-electron chi connectivity index (χ1n) is 8.78. The van der Waals surface area contributed by atoms with Crippen molar-refractivity contribution < 1.29 is 9.18 Å². The number of carbonyl (C=O) groups excluding carboxylic acids is 1. The molecule has 1 N–H and O–H groups in total. The highest BCUT2D eigenvalue weighted by atomic mass is 19.1. The van der Waals surface area contributed by atoms with Gasteiger partial charge < -0.3 is 9.88 Å². The van der Waals surface area contributed by atoms with Crippen LogP contribution in [0.25, 0.3) is 0 Å². The molecule has 2 heterocycles. The van der Waals surface area contributed by atoms with Crippen molar-refractivity contribution in [2.45, 2.75) is 64.5 Å². The van der Waals surface area contributed by atoms with Gasteiger partial charge in [-0.3, -0.25) is 4.79 Å². The topological polar surface area (TPSA) is 59.8 Å². The summed E-state index contributed by atoms with van der Waals surface area (Å²) in [5.74, 6) is 1.81. The molecule has 1 aromatic carbocycles. The summed E-state index contributed by atoms with van der Waals surface area (Å²) in [5, 5.41) is 11.7. The summed E-state index contributed by atoms with van der Waals surface area (Å²) in [7, 11) is 0. The third kappa shape index (κ3) is 3.43. The molecule has 5 nitrogen and oxygen atoms in total. The molecule has 0 saturated heterocycles. The molecule has 2 aromatic rings. The molecule has 1 aromatic heterocycles. The molecular formula is C19H25FN4O. The van der Waals surface area contributed by atoms with E-state index in [1.54, 1.807) is 12.1 Å². The summed E-state index contributed by atoms with van der Waals surface area (Å²) >= 11 is 0. The molecule has 1 aliphatic rings. The van der Waals surface area contributed by atoms with Crippen LogP contribution in [0.3, 0.4) is 0 Å². The lowest BCUT2D eigenvalue weighted by atomic mass is 9.83. The van der Waals surface area contributed by atoms with Gasteiger partial charge in [0.1, 0.15) is 17.5 Å². The van der Waals surface area contributed by atoms with Gasteiger partial charge in [0.15, 0.2) is 0 Å². The summed E-state index contributed by atoms with van der Waals surface area (Å²) in [6.07, 6.45) is 1.63. The normalized spacial score (nSPS) is 17.4. The zero-order chi connectivity index (χ0) is 18.2. The van der Waals surface area contributed by atoms with Crippen LogP contribution in [0.1, 0.15) is 57.2 Å². The zero-order valence-electron chi connectivity index (χ0n) is 15.2. The first kappa shape index (κ1) is 17.6. The fourth-order valence-corrected chi connectivity index (χ4v) is 3.27. The minimum absolute atomic E-state index is 0.0290. The number of rotatable bonds is 4. The van der Waals surface area contributed by atoms with Crippen molar-refractivity contribution >= 4 is 5.91 Å². The summed E-state index contributed by atoms with van der Waals surface area (Å²) in [6.45, 7) is 8.51. The highest BCUT2D eigenvalue weighted by Gasteiger charge is 2.33. The minimum atomic E-state index is -0.795. The average molecular weight is 344 g/mol. The fourth-order valence-electron chi connectivity index (χ4n) is 3.27. The first-order chi connectivity index (χ1) is 11.8. The summed E-state index contributed by atoms with van der Waals surface area (Å²) in [6, 6.07) is 6.27. The van der Waals surface area contributed by atoms with Gasteiger partial charge in [-0.1, -0.05) is 26.0 Å². The number of halogens is 1. The number of nitrogens with zero attached hydrogens (tertiary/aromatic N) is 3. The van der Waals surface area contributed by atoms with Gasteiger partial charge in [0, 0.05) is 24.9 Å². The van der Waals surface area contributed by atoms with Crippen LogP contribution >= 0.6 is 0 Å². The number of aromatic nitrogens is 3. The van der Waals surface area contributed by atoms with Gasteiger partial charge in [-0.15, -0.1) is 10.2 Å². The summed E-state index contributed by atoms with van der Waals surface area (Å²) in [5.41, 5.74) is -0.121. The van der Waals surface area contributed by atoms with Gasteiger partial charge in [-0.25, -0.2) is 4.39 Å². The van der Waals surface area contributed by atoms with Gasteiger partial charge in [0.05, 0.1) is 5.41 Å². The lowest BCUT2D eigenvalue weighted by Gasteiger charge is -2.30. The van der Waals surface area contributed by atoms with Crippen molar-refractivity contribution in [2.75, 3.05) is 0 Å². The quantitative estimate of drug-likeness (QED) is 0.928. The van der Waals surface area contributed by atoms with Crippen molar-refractivity contribution in [2.24, 2.45) is 0 Å². The Morgan fingerprint density at radius 3 is 2.80 bits per heavy atom. The number of hydrogen-bond donors (Lipinski definition) is 1. The second-order valence-corrected chi connectivity index (χ2v) is 7.58. The molecule has 6 heteroatoms. The van der Waals surface area contributed by atoms with Crippen molar-refractivity contribution in [3.8, 4) is 0 Å². The van der Waals surface area contributed by atoms with E-state index in [4.69, 9.17) is 0 Å². The van der Waals surface area contributed by atoms with Crippen LogP contribution in [-0.2, 0) is 23.2 Å². The predicted molar refractivity (Wildman–Crippen MR) is 93.8 cm³/mol. The number of amides is 1. The second kappa shape index (κ2) is 6.58. The largest absolute Gasteiger partial charge is 0.351 e. The van der Waals surface area contributed by atoms with Gasteiger partial charge in [0.25, 0.3) is 0 Å². The number of carbonyl (C=O) groups is 1. The van der Waals surface area contributed by atoms with E-state index < -0.39 is 5.41 Å². The fraction of sp³-hybridized carbons (Fsp3) is 0.526. The van der Waals surface area contributed by atoms with E-state index >= 15 is 0 Å². The molecule has 0 fully saturated rings. The molecule has 134 valence electrons. The SMILES string of the molecule is CC(C)c1nnc2n1C[C@@H](NC(=O)C(C)(C)c1cccc(F)c1)CC2. The van der Waals surface area contributed by atoms with Crippen LogP contribution in [0.2, 0.25) is 0 Å². The molecule has 25 heavy (non-hydrogen) atoms. The maximum absolute atomic E-state index is 13.5. The van der Waals surface area contributed by atoms with Crippen molar-refractivity contribution in [3.05, 3.63) is 47.3 Å². The molecule has 3 rings (SSSR count). The Kier molecular flexibility index (Phi) is 4.62. The van der Waals surface area contributed by atoms with Gasteiger partial charge >= 0.3 is 0 Å². The lowest BCUT2D eigenvalue weighted by molar-refractivity contribution is -0.126. The molecular weight excluding hydrogens is 319 g/mol. The smallest absolute Gasteiger partial charge is 0.230 e. The molecule has 0 saturated carbocycles. The average Bonchev–Trinajstić information content (AvgIpc) is 2.98. The highest BCUT2D eigenvalue weighted by molar-refractivity contribution is 5.87. The van der Waals surface area contributed by atoms with Crippen LogP contribution in [0, 0.1) is 5.82 Å². The van der Waals surface area contributed by atoms with E-state index in [9.17, 15) is 9.18 Å². The molecule has 1 amide bonds. The summed E-state index contributed by atoms with van der Waals surface area (Å²) < 4.78 is 15.6. The number of nitrogens with one attached hydrogen (secondary N) is 1. The molecule has 0 radical (unpaired) electrons. The Morgan fingerprint density at radius 2 is 2.12 bits per heavy atom. The van der Waals surface area contributed by atoms with Gasteiger partial charge in [-0.2, -0.15) is 0 Å². The van der Waals surface area contributed by atoms with E-state index in [0.29, 0.717) is 18.0 Å². The Balaban J connectivity index is 1.74. The van der Waals surface area contributed by atoms with Gasteiger partial charge in [0.2, 0.25) is 5.91 Å². The second-order valence-electron chi connectivity index (χ2n) is 7.58. The highest BCUT2D eigenvalue weighted by Crippen LogP contribution is 2.26.